The Morgan fingerprint density at radius 2 is 1.57 bits per heavy atom. The van der Waals surface area contributed by atoms with Crippen LogP contribution in [0.3, 0.4) is 0 Å². The molecule has 3 heterocycles. The fraction of sp³-hybridized carbons (Fsp3) is 0.333. The maximum absolute atomic E-state index is 4.22. The van der Waals surface area contributed by atoms with Crippen molar-refractivity contribution >= 4 is 23.1 Å². The molecule has 4 heteroatoms. The van der Waals surface area contributed by atoms with Crippen LogP contribution in [-0.2, 0) is 36.4 Å². The first kappa shape index (κ1) is 28.4. The summed E-state index contributed by atoms with van der Waals surface area (Å²) in [6.45, 7) is 14.3. The van der Waals surface area contributed by atoms with Crippen LogP contribution in [0.4, 0.5) is 17.1 Å². The third-order valence-corrected chi connectivity index (χ3v) is 8.91. The number of rotatable bonds is 1. The molecule has 0 saturated carbocycles. The summed E-state index contributed by atoms with van der Waals surface area (Å²) >= 11 is 0. The fourth-order valence-corrected chi connectivity index (χ4v) is 6.32. The topological polar surface area (TPSA) is 18.9 Å². The molecule has 40 heavy (non-hydrogen) atoms. The molecule has 0 spiro atoms. The minimum Gasteiger partial charge on any atom is -0.305 e. The van der Waals surface area contributed by atoms with Gasteiger partial charge in [-0.3, -0.25) is 0 Å². The quantitative estimate of drug-likeness (QED) is 0.144. The van der Waals surface area contributed by atoms with E-state index in [-0.39, 0.29) is 36.4 Å². The molecule has 2 aliphatic heterocycles. The monoisotopic (exact) mass is 704 g/mol. The Hall–Kier alpha value is -3.16. The van der Waals surface area contributed by atoms with Crippen LogP contribution in [0, 0.1) is 12.1 Å². The van der Waals surface area contributed by atoms with Gasteiger partial charge in [-0.25, -0.2) is 0 Å². The van der Waals surface area contributed by atoms with Gasteiger partial charge in [0.25, 0.3) is 11.4 Å². The van der Waals surface area contributed by atoms with Crippen LogP contribution in [-0.4, -0.2) is 22.6 Å². The first-order valence-electron chi connectivity index (χ1n) is 13.9. The Bertz CT molecular complexity index is 1620. The molecular weight excluding hydrogens is 667 g/mol. The van der Waals surface area contributed by atoms with Crippen LogP contribution in [0.1, 0.15) is 76.6 Å². The SMILES string of the molecule is C[N+]1=C=[N+]2c3[c-]c4c(cc3C(C)(C)c3cccc1c32)C(C)(C)CCC4(C)C.[Ir].[c-]1ccccc1-c1ccccn1. The molecule has 3 aromatic carbocycles. The van der Waals surface area contributed by atoms with Gasteiger partial charge in [-0.1, -0.05) is 92.4 Å². The summed E-state index contributed by atoms with van der Waals surface area (Å²) in [5.41, 5.74) is 11.7. The largest absolute Gasteiger partial charge is 0.494 e. The van der Waals surface area contributed by atoms with Crippen molar-refractivity contribution in [1.82, 2.24) is 9.56 Å². The Morgan fingerprint density at radius 3 is 2.27 bits per heavy atom. The predicted molar refractivity (Wildman–Crippen MR) is 160 cm³/mol. The van der Waals surface area contributed by atoms with Crippen molar-refractivity contribution in [2.24, 2.45) is 0 Å². The van der Waals surface area contributed by atoms with Gasteiger partial charge >= 0.3 is 6.01 Å². The summed E-state index contributed by atoms with van der Waals surface area (Å²) < 4.78 is 4.37. The number of hydrogen-bond acceptors (Lipinski definition) is 1. The summed E-state index contributed by atoms with van der Waals surface area (Å²) in [6.07, 6.45) is 4.22. The zero-order valence-electron chi connectivity index (χ0n) is 24.5. The number of nitrogens with zero attached hydrogens (tertiary/aromatic N) is 3. The molecule has 0 saturated heterocycles. The molecule has 4 aromatic rings. The summed E-state index contributed by atoms with van der Waals surface area (Å²) in [5.74, 6) is 0. The molecule has 205 valence electrons. The molecule has 0 atom stereocenters. The Balaban J connectivity index is 0.000000209. The molecule has 3 aliphatic rings. The smallest absolute Gasteiger partial charge is 0.305 e. The number of aromatic nitrogens is 1. The second-order valence-electron chi connectivity index (χ2n) is 12.9. The van der Waals surface area contributed by atoms with Crippen LogP contribution >= 0.6 is 0 Å². The molecule has 7 rings (SSSR count). The minimum atomic E-state index is -0.0484. The molecule has 0 bridgehead atoms. The fourth-order valence-electron chi connectivity index (χ4n) is 6.32. The second kappa shape index (κ2) is 10.0. The van der Waals surface area contributed by atoms with Gasteiger partial charge < -0.3 is 4.98 Å². The first-order chi connectivity index (χ1) is 18.5. The maximum atomic E-state index is 4.22. The third kappa shape index (κ3) is 4.53. The van der Waals surface area contributed by atoms with Crippen molar-refractivity contribution in [2.45, 2.75) is 70.6 Å². The van der Waals surface area contributed by atoms with E-state index in [9.17, 15) is 0 Å². The third-order valence-electron chi connectivity index (χ3n) is 8.91. The van der Waals surface area contributed by atoms with Crippen LogP contribution in [0.25, 0.3) is 11.3 Å². The molecule has 0 amide bonds. The zero-order chi connectivity index (χ0) is 27.6. The Kier molecular flexibility index (Phi) is 7.12. The van der Waals surface area contributed by atoms with E-state index >= 15 is 0 Å². The molecule has 0 unspecified atom stereocenters. The van der Waals surface area contributed by atoms with Crippen molar-refractivity contribution in [1.29, 1.82) is 0 Å². The van der Waals surface area contributed by atoms with E-state index < -0.39 is 0 Å². The van der Waals surface area contributed by atoms with Crippen LogP contribution in [0.2, 0.25) is 0 Å². The van der Waals surface area contributed by atoms with Crippen molar-refractivity contribution in [3.8, 4) is 11.3 Å². The first-order valence-corrected chi connectivity index (χ1v) is 13.9. The van der Waals surface area contributed by atoms with Gasteiger partial charge in [0.15, 0.2) is 7.05 Å². The van der Waals surface area contributed by atoms with E-state index in [1.54, 1.807) is 6.20 Å². The van der Waals surface area contributed by atoms with E-state index in [1.807, 2.05) is 42.5 Å². The molecule has 3 nitrogen and oxygen atoms in total. The average molecular weight is 704 g/mol. The number of para-hydroxylation sites is 1. The Labute approximate surface area is 252 Å². The second-order valence-corrected chi connectivity index (χ2v) is 12.9. The van der Waals surface area contributed by atoms with Gasteiger partial charge in [0.2, 0.25) is 0 Å². The van der Waals surface area contributed by atoms with E-state index in [4.69, 9.17) is 0 Å². The van der Waals surface area contributed by atoms with E-state index in [0.717, 1.165) is 11.3 Å². The summed E-state index contributed by atoms with van der Waals surface area (Å²) in [7, 11) is 2.09. The van der Waals surface area contributed by atoms with Gasteiger partial charge in [0, 0.05) is 37.9 Å². The number of fused-ring (bicyclic) bond motifs is 3. The molecule has 1 aromatic heterocycles. The number of pyridine rings is 1. The van der Waals surface area contributed by atoms with Gasteiger partial charge in [-0.05, 0) is 29.0 Å². The standard InChI is InChI=1S/C25H29N2.C11H8N.Ir/c1-23(2)11-12-24(3,4)18-14-21-19(13-17(18)23)25(5,6)16-9-8-10-20-22(16)27(21)15-26(20)7;1-2-6-10(7-3-1)11-8-4-5-9-12-11;/h8-10,13H,11-12H2,1-7H3;1-6,8-9H;/q+1;-1;. The maximum Gasteiger partial charge on any atom is 0.494 e. The molecule has 1 radical (unpaired) electrons. The molecule has 1 aliphatic carbocycles. The van der Waals surface area contributed by atoms with Crippen molar-refractivity contribution in [3.63, 3.8) is 0 Å². The summed E-state index contributed by atoms with van der Waals surface area (Å²) in [6, 6.07) is 33.4. The van der Waals surface area contributed by atoms with E-state index in [0.29, 0.717) is 0 Å². The van der Waals surface area contributed by atoms with Crippen LogP contribution < -0.4 is 4.58 Å². The predicted octanol–water partition coefficient (Wildman–Crippen LogP) is 8.32. The summed E-state index contributed by atoms with van der Waals surface area (Å²) in [4.78, 5) is 4.22. The van der Waals surface area contributed by atoms with Gasteiger partial charge in [-0.15, -0.1) is 53.1 Å². The van der Waals surface area contributed by atoms with Gasteiger partial charge in [-0.2, -0.15) is 6.07 Å². The number of hydrogen-bond donors (Lipinski definition) is 0. The van der Waals surface area contributed by atoms with Crippen LogP contribution in [0.15, 0.2) is 72.9 Å². The van der Waals surface area contributed by atoms with Gasteiger partial charge in [0.05, 0.1) is 0 Å². The Morgan fingerprint density at radius 1 is 0.825 bits per heavy atom. The van der Waals surface area contributed by atoms with E-state index in [1.165, 1.54) is 52.2 Å². The molecule has 0 fully saturated rings. The van der Waals surface area contributed by atoms with E-state index in [2.05, 4.69) is 105 Å². The normalized spacial score (nSPS) is 18.0. The number of benzene rings is 3. The minimum absolute atomic E-state index is 0. The molecule has 0 N–H and O–H groups in total. The zero-order valence-corrected chi connectivity index (χ0v) is 26.9. The summed E-state index contributed by atoms with van der Waals surface area (Å²) in [5, 5.41) is 0. The van der Waals surface area contributed by atoms with Crippen molar-refractivity contribution in [3.05, 3.63) is 107 Å². The average Bonchev–Trinajstić information content (AvgIpc) is 3.28. The van der Waals surface area contributed by atoms with Crippen molar-refractivity contribution in [2.75, 3.05) is 7.05 Å². The van der Waals surface area contributed by atoms with Gasteiger partial charge in [0.1, 0.15) is 5.69 Å². The van der Waals surface area contributed by atoms with Crippen molar-refractivity contribution < 1.29 is 24.7 Å². The molecular formula is C36H37IrN3. The van der Waals surface area contributed by atoms with Crippen LogP contribution in [0.5, 0.6) is 0 Å².